The predicted molar refractivity (Wildman–Crippen MR) is 56.8 cm³/mol. The zero-order chi connectivity index (χ0) is 10.6. The fraction of sp³-hybridized carbons (Fsp3) is 0.455. The molecule has 0 saturated carbocycles. The Labute approximate surface area is 84.7 Å². The summed E-state index contributed by atoms with van der Waals surface area (Å²) in [5, 5.41) is 3.10. The summed E-state index contributed by atoms with van der Waals surface area (Å²) in [7, 11) is 5.88. The van der Waals surface area contributed by atoms with E-state index in [9.17, 15) is 4.39 Å². The van der Waals surface area contributed by atoms with Gasteiger partial charge in [0.15, 0.2) is 0 Å². The van der Waals surface area contributed by atoms with E-state index in [1.165, 1.54) is 6.07 Å². The van der Waals surface area contributed by atoms with E-state index in [2.05, 4.69) is 10.2 Å². The minimum atomic E-state index is -0.176. The molecule has 3 heteroatoms. The van der Waals surface area contributed by atoms with Crippen LogP contribution in [-0.4, -0.2) is 32.6 Å². The van der Waals surface area contributed by atoms with Crippen molar-refractivity contribution < 1.29 is 4.39 Å². The van der Waals surface area contributed by atoms with E-state index in [1.807, 2.05) is 27.2 Å². The lowest BCUT2D eigenvalue weighted by atomic mass is 10.1. The van der Waals surface area contributed by atoms with Crippen LogP contribution in [0.4, 0.5) is 4.39 Å². The summed E-state index contributed by atoms with van der Waals surface area (Å²) >= 11 is 0. The second-order valence-corrected chi connectivity index (χ2v) is 3.59. The molecule has 0 amide bonds. The third-order valence-corrected chi connectivity index (χ3v) is 2.25. The van der Waals surface area contributed by atoms with Crippen molar-refractivity contribution in [3.8, 4) is 0 Å². The first-order valence-corrected chi connectivity index (χ1v) is 4.71. The highest BCUT2D eigenvalue weighted by Gasteiger charge is 2.12. The summed E-state index contributed by atoms with van der Waals surface area (Å²) in [6.45, 7) is 0.816. The van der Waals surface area contributed by atoms with Crippen molar-refractivity contribution in [1.82, 2.24) is 10.2 Å². The third kappa shape index (κ3) is 2.79. The molecule has 0 radical (unpaired) electrons. The Morgan fingerprint density at radius 1 is 1.43 bits per heavy atom. The van der Waals surface area contributed by atoms with Gasteiger partial charge in [-0.25, -0.2) is 4.39 Å². The molecule has 0 aromatic heterocycles. The second kappa shape index (κ2) is 5.08. The highest BCUT2D eigenvalue weighted by Crippen LogP contribution is 2.17. The number of halogens is 1. The van der Waals surface area contributed by atoms with E-state index in [-0.39, 0.29) is 11.9 Å². The summed E-state index contributed by atoms with van der Waals surface area (Å²) in [6, 6.07) is 6.97. The molecule has 78 valence electrons. The molecule has 0 heterocycles. The van der Waals surface area contributed by atoms with Crippen LogP contribution in [-0.2, 0) is 0 Å². The van der Waals surface area contributed by atoms with Gasteiger partial charge in [-0.1, -0.05) is 12.1 Å². The van der Waals surface area contributed by atoms with Gasteiger partial charge >= 0.3 is 0 Å². The van der Waals surface area contributed by atoms with Crippen LogP contribution < -0.4 is 5.32 Å². The maximum absolute atomic E-state index is 13.0. The molecule has 0 aliphatic rings. The van der Waals surface area contributed by atoms with Crippen LogP contribution in [0, 0.1) is 5.82 Å². The van der Waals surface area contributed by atoms with Gasteiger partial charge in [-0.05, 0) is 38.8 Å². The van der Waals surface area contributed by atoms with Gasteiger partial charge in [-0.2, -0.15) is 0 Å². The molecule has 0 fully saturated rings. The lowest BCUT2D eigenvalue weighted by molar-refractivity contribution is 0.293. The average Bonchev–Trinajstić information content (AvgIpc) is 2.13. The predicted octanol–water partition coefficient (Wildman–Crippen LogP) is 1.65. The number of nitrogens with zero attached hydrogens (tertiary/aromatic N) is 1. The summed E-state index contributed by atoms with van der Waals surface area (Å²) in [4.78, 5) is 2.07. The molecule has 0 spiro atoms. The molecule has 0 aliphatic carbocycles. The minimum Gasteiger partial charge on any atom is -0.318 e. The van der Waals surface area contributed by atoms with Crippen LogP contribution in [0.3, 0.4) is 0 Å². The Balaban J connectivity index is 2.87. The maximum atomic E-state index is 13.0. The fourth-order valence-electron chi connectivity index (χ4n) is 1.51. The first kappa shape index (κ1) is 11.1. The first-order chi connectivity index (χ1) is 6.65. The van der Waals surface area contributed by atoms with Crippen LogP contribution in [0.25, 0.3) is 0 Å². The van der Waals surface area contributed by atoms with Gasteiger partial charge in [0.25, 0.3) is 0 Å². The van der Waals surface area contributed by atoms with Gasteiger partial charge in [0.2, 0.25) is 0 Å². The number of nitrogens with one attached hydrogen (secondary N) is 1. The number of rotatable bonds is 4. The topological polar surface area (TPSA) is 15.3 Å². The van der Waals surface area contributed by atoms with Crippen LogP contribution in [0.5, 0.6) is 0 Å². The SMILES string of the molecule is CNCC(c1cccc(F)c1)N(C)C. The quantitative estimate of drug-likeness (QED) is 0.787. The molecule has 1 rings (SSSR count). The van der Waals surface area contributed by atoms with E-state index in [0.29, 0.717) is 0 Å². The molecule has 1 aromatic carbocycles. The van der Waals surface area contributed by atoms with Crippen molar-refractivity contribution in [1.29, 1.82) is 0 Å². The van der Waals surface area contributed by atoms with Crippen LogP contribution >= 0.6 is 0 Å². The van der Waals surface area contributed by atoms with Crippen LogP contribution in [0.15, 0.2) is 24.3 Å². The molecular weight excluding hydrogens is 179 g/mol. The van der Waals surface area contributed by atoms with E-state index >= 15 is 0 Å². The second-order valence-electron chi connectivity index (χ2n) is 3.59. The van der Waals surface area contributed by atoms with Crippen molar-refractivity contribution in [3.63, 3.8) is 0 Å². The van der Waals surface area contributed by atoms with Crippen LogP contribution in [0.2, 0.25) is 0 Å². The number of hydrogen-bond donors (Lipinski definition) is 1. The first-order valence-electron chi connectivity index (χ1n) is 4.71. The van der Waals surface area contributed by atoms with E-state index in [1.54, 1.807) is 12.1 Å². The fourth-order valence-corrected chi connectivity index (χ4v) is 1.51. The van der Waals surface area contributed by atoms with Gasteiger partial charge in [0.05, 0.1) is 0 Å². The lowest BCUT2D eigenvalue weighted by Gasteiger charge is -2.24. The third-order valence-electron chi connectivity index (χ3n) is 2.25. The maximum Gasteiger partial charge on any atom is 0.123 e. The Bertz CT molecular complexity index is 286. The number of benzene rings is 1. The van der Waals surface area contributed by atoms with Crippen LogP contribution in [0.1, 0.15) is 11.6 Å². The highest BCUT2D eigenvalue weighted by molar-refractivity contribution is 5.20. The van der Waals surface area contributed by atoms with Crippen molar-refractivity contribution in [2.75, 3.05) is 27.7 Å². The standard InChI is InChI=1S/C11H17FN2/c1-13-8-11(14(2)3)9-5-4-6-10(12)7-9/h4-7,11,13H,8H2,1-3H3. The van der Waals surface area contributed by atoms with Gasteiger partial charge in [-0.3, -0.25) is 0 Å². The Morgan fingerprint density at radius 2 is 2.14 bits per heavy atom. The summed E-state index contributed by atoms with van der Waals surface area (Å²) < 4.78 is 13.0. The molecule has 14 heavy (non-hydrogen) atoms. The minimum absolute atomic E-state index is 0.176. The molecule has 1 aromatic rings. The number of likely N-dealkylation sites (N-methyl/N-ethyl adjacent to an activating group) is 2. The van der Waals surface area contributed by atoms with E-state index < -0.39 is 0 Å². The monoisotopic (exact) mass is 196 g/mol. The smallest absolute Gasteiger partial charge is 0.123 e. The van der Waals surface area contributed by atoms with Gasteiger partial charge in [0.1, 0.15) is 5.82 Å². The molecule has 1 N–H and O–H groups in total. The van der Waals surface area contributed by atoms with Crippen molar-refractivity contribution in [3.05, 3.63) is 35.6 Å². The molecular formula is C11H17FN2. The normalized spacial score (nSPS) is 13.2. The van der Waals surface area contributed by atoms with Crippen molar-refractivity contribution >= 4 is 0 Å². The molecule has 1 atom stereocenters. The van der Waals surface area contributed by atoms with E-state index in [4.69, 9.17) is 0 Å². The van der Waals surface area contributed by atoms with Gasteiger partial charge < -0.3 is 10.2 Å². The molecule has 2 nitrogen and oxygen atoms in total. The van der Waals surface area contributed by atoms with Crippen molar-refractivity contribution in [2.45, 2.75) is 6.04 Å². The Hall–Kier alpha value is -0.930. The van der Waals surface area contributed by atoms with E-state index in [0.717, 1.165) is 12.1 Å². The van der Waals surface area contributed by atoms with Gasteiger partial charge in [0, 0.05) is 12.6 Å². The Kier molecular flexibility index (Phi) is 4.04. The number of hydrogen-bond acceptors (Lipinski definition) is 2. The lowest BCUT2D eigenvalue weighted by Crippen LogP contribution is -2.29. The molecule has 1 unspecified atom stereocenters. The molecule has 0 saturated heterocycles. The Morgan fingerprint density at radius 3 is 2.64 bits per heavy atom. The summed E-state index contributed by atoms with van der Waals surface area (Å²) in [5.41, 5.74) is 1.00. The van der Waals surface area contributed by atoms with Crippen molar-refractivity contribution in [2.24, 2.45) is 0 Å². The largest absolute Gasteiger partial charge is 0.318 e. The zero-order valence-corrected chi connectivity index (χ0v) is 8.92. The summed E-state index contributed by atoms with van der Waals surface area (Å²) in [5.74, 6) is -0.176. The molecule has 0 bridgehead atoms. The average molecular weight is 196 g/mol. The molecule has 0 aliphatic heterocycles. The van der Waals surface area contributed by atoms with Gasteiger partial charge in [-0.15, -0.1) is 0 Å². The summed E-state index contributed by atoms with van der Waals surface area (Å²) in [6.07, 6.45) is 0. The highest BCUT2D eigenvalue weighted by atomic mass is 19.1. The zero-order valence-electron chi connectivity index (χ0n) is 8.92.